The molecule has 0 amide bonds. The number of nitrogens with two attached hydrogens (primary N) is 1. The predicted octanol–water partition coefficient (Wildman–Crippen LogP) is 2.80. The molecule has 0 spiro atoms. The molecule has 0 unspecified atom stereocenters. The van der Waals surface area contributed by atoms with Crippen LogP contribution in [0, 0.1) is 0 Å². The number of nitrogens with zero attached hydrogens (tertiary/aromatic N) is 2. The van der Waals surface area contributed by atoms with Gasteiger partial charge in [-0.25, -0.2) is 4.98 Å². The Labute approximate surface area is 107 Å². The number of hydrogen-bond donors (Lipinski definition) is 1. The Kier molecular flexibility index (Phi) is 3.28. The first-order chi connectivity index (χ1) is 8.54. The summed E-state index contributed by atoms with van der Waals surface area (Å²) in [5, 5.41) is 0. The molecule has 1 aromatic heterocycles. The van der Waals surface area contributed by atoms with Crippen molar-refractivity contribution >= 4 is 5.82 Å². The summed E-state index contributed by atoms with van der Waals surface area (Å²) in [5.41, 5.74) is 7.92. The van der Waals surface area contributed by atoms with Crippen LogP contribution in [0.2, 0.25) is 0 Å². The fourth-order valence-electron chi connectivity index (χ4n) is 2.03. The van der Waals surface area contributed by atoms with Crippen molar-refractivity contribution in [2.45, 2.75) is 19.8 Å². The standard InChI is InChI=1S/C14H19N3O/c1-9(2)14-16-12(13(15)17(14)3)10-6-5-7-11(8-10)18-4/h5-9H,15H2,1-4H3. The van der Waals surface area contributed by atoms with Crippen molar-refractivity contribution in [3.8, 4) is 17.0 Å². The number of rotatable bonds is 3. The quantitative estimate of drug-likeness (QED) is 0.904. The Balaban J connectivity index is 2.53. The minimum absolute atomic E-state index is 0.344. The number of hydrogen-bond acceptors (Lipinski definition) is 3. The van der Waals surface area contributed by atoms with Gasteiger partial charge in [-0.05, 0) is 12.1 Å². The summed E-state index contributed by atoms with van der Waals surface area (Å²) in [6.07, 6.45) is 0. The van der Waals surface area contributed by atoms with Crippen molar-refractivity contribution in [3.63, 3.8) is 0 Å². The van der Waals surface area contributed by atoms with Crippen LogP contribution in [-0.2, 0) is 7.05 Å². The smallest absolute Gasteiger partial charge is 0.131 e. The third-order valence-corrected chi connectivity index (χ3v) is 3.03. The molecule has 18 heavy (non-hydrogen) atoms. The normalized spacial score (nSPS) is 10.9. The summed E-state index contributed by atoms with van der Waals surface area (Å²) in [6.45, 7) is 4.22. The van der Waals surface area contributed by atoms with Crippen LogP contribution < -0.4 is 10.5 Å². The maximum Gasteiger partial charge on any atom is 0.131 e. The summed E-state index contributed by atoms with van der Waals surface area (Å²) in [4.78, 5) is 4.64. The summed E-state index contributed by atoms with van der Waals surface area (Å²) in [6, 6.07) is 7.79. The van der Waals surface area contributed by atoms with Crippen molar-refractivity contribution in [1.82, 2.24) is 9.55 Å². The lowest BCUT2D eigenvalue weighted by Gasteiger charge is -2.04. The van der Waals surface area contributed by atoms with Gasteiger partial charge < -0.3 is 15.0 Å². The average molecular weight is 245 g/mol. The molecule has 2 rings (SSSR count). The highest BCUT2D eigenvalue weighted by Gasteiger charge is 2.16. The SMILES string of the molecule is COc1cccc(-c2nc(C(C)C)n(C)c2N)c1. The van der Waals surface area contributed by atoms with Crippen LogP contribution in [0.25, 0.3) is 11.3 Å². The number of anilines is 1. The predicted molar refractivity (Wildman–Crippen MR) is 73.7 cm³/mol. The second kappa shape index (κ2) is 4.72. The largest absolute Gasteiger partial charge is 0.497 e. The molecule has 0 aliphatic heterocycles. The first-order valence-corrected chi connectivity index (χ1v) is 6.01. The molecule has 1 aromatic carbocycles. The molecule has 0 aliphatic carbocycles. The van der Waals surface area contributed by atoms with E-state index in [0.29, 0.717) is 11.7 Å². The molecule has 2 aromatic rings. The highest BCUT2D eigenvalue weighted by Crippen LogP contribution is 2.30. The molecule has 1 heterocycles. The lowest BCUT2D eigenvalue weighted by molar-refractivity contribution is 0.415. The fourth-order valence-corrected chi connectivity index (χ4v) is 2.03. The average Bonchev–Trinajstić information content (AvgIpc) is 2.67. The second-order valence-corrected chi connectivity index (χ2v) is 4.65. The summed E-state index contributed by atoms with van der Waals surface area (Å²) in [7, 11) is 3.60. The molecule has 4 heteroatoms. The van der Waals surface area contributed by atoms with E-state index < -0.39 is 0 Å². The van der Waals surface area contributed by atoms with Gasteiger partial charge >= 0.3 is 0 Å². The zero-order chi connectivity index (χ0) is 13.3. The van der Waals surface area contributed by atoms with Crippen molar-refractivity contribution in [3.05, 3.63) is 30.1 Å². The van der Waals surface area contributed by atoms with E-state index in [1.807, 2.05) is 35.9 Å². The van der Waals surface area contributed by atoms with Crippen molar-refractivity contribution < 1.29 is 4.74 Å². The number of aromatic nitrogens is 2. The second-order valence-electron chi connectivity index (χ2n) is 4.65. The number of ether oxygens (including phenoxy) is 1. The summed E-state index contributed by atoms with van der Waals surface area (Å²) >= 11 is 0. The van der Waals surface area contributed by atoms with Gasteiger partial charge in [0.15, 0.2) is 0 Å². The van der Waals surface area contributed by atoms with E-state index in [1.54, 1.807) is 7.11 Å². The Bertz CT molecular complexity index is 558. The van der Waals surface area contributed by atoms with E-state index in [-0.39, 0.29) is 0 Å². The lowest BCUT2D eigenvalue weighted by atomic mass is 10.1. The maximum absolute atomic E-state index is 6.12. The molecular weight excluding hydrogens is 226 g/mol. The van der Waals surface area contributed by atoms with E-state index in [9.17, 15) is 0 Å². The third kappa shape index (κ3) is 2.06. The lowest BCUT2D eigenvalue weighted by Crippen LogP contribution is -2.02. The van der Waals surface area contributed by atoms with Gasteiger partial charge in [-0.3, -0.25) is 0 Å². The molecule has 96 valence electrons. The molecule has 2 N–H and O–H groups in total. The van der Waals surface area contributed by atoms with E-state index in [4.69, 9.17) is 10.5 Å². The molecule has 4 nitrogen and oxygen atoms in total. The minimum atomic E-state index is 0.344. The van der Waals surface area contributed by atoms with Crippen molar-refractivity contribution in [2.75, 3.05) is 12.8 Å². The Morgan fingerprint density at radius 3 is 2.61 bits per heavy atom. The Hall–Kier alpha value is -1.97. The topological polar surface area (TPSA) is 53.1 Å². The molecule has 0 atom stereocenters. The number of imidazole rings is 1. The van der Waals surface area contributed by atoms with E-state index in [1.165, 1.54) is 0 Å². The van der Waals surface area contributed by atoms with Crippen LogP contribution in [0.4, 0.5) is 5.82 Å². The van der Waals surface area contributed by atoms with Gasteiger partial charge in [-0.2, -0.15) is 0 Å². The van der Waals surface area contributed by atoms with Gasteiger partial charge in [0.1, 0.15) is 23.1 Å². The molecule has 0 saturated carbocycles. The Morgan fingerprint density at radius 1 is 1.33 bits per heavy atom. The van der Waals surface area contributed by atoms with Crippen LogP contribution in [0.5, 0.6) is 5.75 Å². The zero-order valence-corrected chi connectivity index (χ0v) is 11.3. The van der Waals surface area contributed by atoms with Gasteiger partial charge in [0, 0.05) is 18.5 Å². The third-order valence-electron chi connectivity index (χ3n) is 3.03. The Morgan fingerprint density at radius 2 is 2.06 bits per heavy atom. The van der Waals surface area contributed by atoms with Crippen LogP contribution in [0.15, 0.2) is 24.3 Å². The highest BCUT2D eigenvalue weighted by molar-refractivity contribution is 5.72. The molecule has 0 saturated heterocycles. The summed E-state index contributed by atoms with van der Waals surface area (Å²) < 4.78 is 7.17. The summed E-state index contributed by atoms with van der Waals surface area (Å²) in [5.74, 6) is 2.83. The first kappa shape index (κ1) is 12.5. The number of nitrogen functional groups attached to an aromatic ring is 1. The molecule has 0 radical (unpaired) electrons. The van der Waals surface area contributed by atoms with Crippen LogP contribution in [-0.4, -0.2) is 16.7 Å². The van der Waals surface area contributed by atoms with Crippen molar-refractivity contribution in [1.29, 1.82) is 0 Å². The van der Waals surface area contributed by atoms with Gasteiger partial charge in [-0.1, -0.05) is 26.0 Å². The van der Waals surface area contributed by atoms with Gasteiger partial charge in [-0.15, -0.1) is 0 Å². The van der Waals surface area contributed by atoms with Gasteiger partial charge in [0.05, 0.1) is 7.11 Å². The van der Waals surface area contributed by atoms with Crippen LogP contribution >= 0.6 is 0 Å². The minimum Gasteiger partial charge on any atom is -0.497 e. The van der Waals surface area contributed by atoms with E-state index in [2.05, 4.69) is 18.8 Å². The van der Waals surface area contributed by atoms with Crippen LogP contribution in [0.1, 0.15) is 25.6 Å². The fraction of sp³-hybridized carbons (Fsp3) is 0.357. The van der Waals surface area contributed by atoms with Gasteiger partial charge in [0.2, 0.25) is 0 Å². The van der Waals surface area contributed by atoms with E-state index in [0.717, 1.165) is 22.8 Å². The van der Waals surface area contributed by atoms with E-state index >= 15 is 0 Å². The first-order valence-electron chi connectivity index (χ1n) is 6.01. The highest BCUT2D eigenvalue weighted by atomic mass is 16.5. The zero-order valence-electron chi connectivity index (χ0n) is 11.3. The molecular formula is C14H19N3O. The van der Waals surface area contributed by atoms with Gasteiger partial charge in [0.25, 0.3) is 0 Å². The number of methoxy groups -OCH3 is 1. The molecule has 0 fully saturated rings. The monoisotopic (exact) mass is 245 g/mol. The molecule has 0 aliphatic rings. The maximum atomic E-state index is 6.12. The number of benzene rings is 1. The van der Waals surface area contributed by atoms with Crippen LogP contribution in [0.3, 0.4) is 0 Å². The molecule has 0 bridgehead atoms. The van der Waals surface area contributed by atoms with Crippen molar-refractivity contribution in [2.24, 2.45) is 7.05 Å².